The van der Waals surface area contributed by atoms with Crippen molar-refractivity contribution in [2.24, 2.45) is 10.2 Å². The van der Waals surface area contributed by atoms with Crippen LogP contribution in [0.1, 0.15) is 22.3 Å². The molecule has 0 unspecified atom stereocenters. The van der Waals surface area contributed by atoms with Crippen molar-refractivity contribution in [3.8, 4) is 0 Å². The van der Waals surface area contributed by atoms with E-state index in [9.17, 15) is 0 Å². The average Bonchev–Trinajstić information content (AvgIpc) is 2.34. The van der Waals surface area contributed by atoms with Crippen LogP contribution in [0.4, 0.5) is 17.1 Å². The summed E-state index contributed by atoms with van der Waals surface area (Å²) in [5.41, 5.74) is 12.9. The molecule has 3 nitrogen and oxygen atoms in total. The van der Waals surface area contributed by atoms with Crippen molar-refractivity contribution in [3.63, 3.8) is 0 Å². The molecular formula is C16H19N3. The molecule has 0 atom stereocenters. The molecule has 0 aliphatic rings. The van der Waals surface area contributed by atoms with Gasteiger partial charge in [0.15, 0.2) is 0 Å². The van der Waals surface area contributed by atoms with Crippen LogP contribution in [-0.2, 0) is 0 Å². The van der Waals surface area contributed by atoms with Gasteiger partial charge in [-0.15, -0.1) is 0 Å². The minimum atomic E-state index is 0.825. The number of hydrogen-bond acceptors (Lipinski definition) is 3. The maximum Gasteiger partial charge on any atom is 0.0886 e. The number of nitrogens with two attached hydrogens (primary N) is 1. The van der Waals surface area contributed by atoms with E-state index >= 15 is 0 Å². The van der Waals surface area contributed by atoms with Gasteiger partial charge in [-0.2, -0.15) is 10.2 Å². The molecule has 98 valence electrons. The molecule has 0 saturated heterocycles. The summed E-state index contributed by atoms with van der Waals surface area (Å²) < 4.78 is 0. The number of rotatable bonds is 2. The lowest BCUT2D eigenvalue weighted by atomic mass is 10.1. The van der Waals surface area contributed by atoms with Crippen molar-refractivity contribution < 1.29 is 0 Å². The fourth-order valence-corrected chi connectivity index (χ4v) is 2.04. The molecule has 2 N–H and O–H groups in total. The smallest absolute Gasteiger partial charge is 0.0886 e. The third-order valence-electron chi connectivity index (χ3n) is 3.20. The van der Waals surface area contributed by atoms with Gasteiger partial charge in [-0.05, 0) is 62.6 Å². The summed E-state index contributed by atoms with van der Waals surface area (Å²) >= 11 is 0. The van der Waals surface area contributed by atoms with Crippen LogP contribution in [0.25, 0.3) is 0 Å². The molecule has 0 saturated carbocycles. The number of benzene rings is 2. The van der Waals surface area contributed by atoms with Crippen molar-refractivity contribution in [3.05, 3.63) is 52.6 Å². The first-order valence-corrected chi connectivity index (χ1v) is 6.33. The van der Waals surface area contributed by atoms with E-state index in [0.29, 0.717) is 0 Å². The first-order valence-electron chi connectivity index (χ1n) is 6.33. The number of anilines is 1. The van der Waals surface area contributed by atoms with Crippen LogP contribution in [0, 0.1) is 27.7 Å². The zero-order valence-corrected chi connectivity index (χ0v) is 11.9. The lowest BCUT2D eigenvalue weighted by molar-refractivity contribution is 1.19. The Kier molecular flexibility index (Phi) is 3.65. The van der Waals surface area contributed by atoms with E-state index in [4.69, 9.17) is 5.73 Å². The Morgan fingerprint density at radius 3 is 2.00 bits per heavy atom. The lowest BCUT2D eigenvalue weighted by Gasteiger charge is -2.05. The Morgan fingerprint density at radius 1 is 0.789 bits per heavy atom. The van der Waals surface area contributed by atoms with E-state index in [2.05, 4.69) is 23.2 Å². The van der Waals surface area contributed by atoms with Gasteiger partial charge in [-0.3, -0.25) is 0 Å². The van der Waals surface area contributed by atoms with Crippen molar-refractivity contribution in [1.29, 1.82) is 0 Å². The molecule has 0 radical (unpaired) electrons. The van der Waals surface area contributed by atoms with Crippen LogP contribution >= 0.6 is 0 Å². The molecule has 0 bridgehead atoms. The number of hydrogen-bond donors (Lipinski definition) is 1. The Morgan fingerprint density at radius 2 is 1.42 bits per heavy atom. The van der Waals surface area contributed by atoms with Gasteiger partial charge >= 0.3 is 0 Å². The molecular weight excluding hydrogens is 234 g/mol. The van der Waals surface area contributed by atoms with E-state index in [1.807, 2.05) is 45.0 Å². The molecule has 0 aromatic heterocycles. The van der Waals surface area contributed by atoms with Gasteiger partial charge in [0.05, 0.1) is 11.4 Å². The highest BCUT2D eigenvalue weighted by atomic mass is 15.1. The summed E-state index contributed by atoms with van der Waals surface area (Å²) in [7, 11) is 0. The summed E-state index contributed by atoms with van der Waals surface area (Å²) in [4.78, 5) is 0. The maximum atomic E-state index is 5.93. The highest BCUT2D eigenvalue weighted by molar-refractivity contribution is 5.60. The molecule has 0 fully saturated rings. The predicted octanol–water partition coefficient (Wildman–Crippen LogP) is 4.92. The van der Waals surface area contributed by atoms with Crippen molar-refractivity contribution in [1.82, 2.24) is 0 Å². The van der Waals surface area contributed by atoms with Crippen molar-refractivity contribution in [2.45, 2.75) is 27.7 Å². The minimum Gasteiger partial charge on any atom is -0.398 e. The molecule has 0 aliphatic carbocycles. The van der Waals surface area contributed by atoms with Gasteiger partial charge in [0.1, 0.15) is 0 Å². The van der Waals surface area contributed by atoms with Crippen molar-refractivity contribution in [2.75, 3.05) is 5.73 Å². The monoisotopic (exact) mass is 253 g/mol. The quantitative estimate of drug-likeness (QED) is 0.599. The zero-order chi connectivity index (χ0) is 14.0. The second-order valence-corrected chi connectivity index (χ2v) is 4.98. The number of nitrogen functional groups attached to an aromatic ring is 1. The van der Waals surface area contributed by atoms with Crippen LogP contribution in [0.5, 0.6) is 0 Å². The molecule has 0 amide bonds. The first-order chi connectivity index (χ1) is 8.97. The fourth-order valence-electron chi connectivity index (χ4n) is 2.04. The maximum absolute atomic E-state index is 5.93. The molecule has 0 spiro atoms. The second kappa shape index (κ2) is 5.22. The van der Waals surface area contributed by atoms with Crippen LogP contribution < -0.4 is 5.73 Å². The number of azo groups is 1. The topological polar surface area (TPSA) is 50.7 Å². The predicted molar refractivity (Wildman–Crippen MR) is 80.4 cm³/mol. The molecule has 19 heavy (non-hydrogen) atoms. The third kappa shape index (κ3) is 2.99. The standard InChI is InChI=1S/C16H19N3/c1-10-5-6-15(11(2)7-10)19-18-14-8-12(3)16(17)13(4)9-14/h5-9H,17H2,1-4H3. The second-order valence-electron chi connectivity index (χ2n) is 4.98. The SMILES string of the molecule is Cc1ccc(N=Nc2cc(C)c(N)c(C)c2)c(C)c1. The van der Waals surface area contributed by atoms with Gasteiger partial charge in [0, 0.05) is 5.69 Å². The Bertz CT molecular complexity index is 619. The van der Waals surface area contributed by atoms with Gasteiger partial charge in [-0.25, -0.2) is 0 Å². The molecule has 2 rings (SSSR count). The molecule has 3 heteroatoms. The highest BCUT2D eigenvalue weighted by Crippen LogP contribution is 2.27. The number of nitrogens with zero attached hydrogens (tertiary/aromatic N) is 2. The third-order valence-corrected chi connectivity index (χ3v) is 3.20. The average molecular weight is 253 g/mol. The van der Waals surface area contributed by atoms with E-state index < -0.39 is 0 Å². The number of aryl methyl sites for hydroxylation is 4. The Labute approximate surface area is 114 Å². The first kappa shape index (κ1) is 13.3. The summed E-state index contributed by atoms with van der Waals surface area (Å²) in [6.45, 7) is 8.08. The Balaban J connectivity index is 2.32. The fraction of sp³-hybridized carbons (Fsp3) is 0.250. The Hall–Kier alpha value is -2.16. The summed E-state index contributed by atoms with van der Waals surface area (Å²) in [5.74, 6) is 0. The molecule has 0 aliphatic heterocycles. The molecule has 0 heterocycles. The summed E-state index contributed by atoms with van der Waals surface area (Å²) in [6, 6.07) is 10.0. The van der Waals surface area contributed by atoms with E-state index in [0.717, 1.165) is 33.8 Å². The molecule has 2 aromatic rings. The molecule has 2 aromatic carbocycles. The minimum absolute atomic E-state index is 0.825. The van der Waals surface area contributed by atoms with E-state index in [-0.39, 0.29) is 0 Å². The summed E-state index contributed by atoms with van der Waals surface area (Å²) in [6.07, 6.45) is 0. The largest absolute Gasteiger partial charge is 0.398 e. The van der Waals surface area contributed by atoms with Crippen LogP contribution in [0.2, 0.25) is 0 Å². The van der Waals surface area contributed by atoms with Crippen LogP contribution in [0.15, 0.2) is 40.6 Å². The normalized spacial score (nSPS) is 11.2. The van der Waals surface area contributed by atoms with Crippen molar-refractivity contribution >= 4 is 17.1 Å². The van der Waals surface area contributed by atoms with E-state index in [1.165, 1.54) is 5.56 Å². The van der Waals surface area contributed by atoms with Gasteiger partial charge in [0.2, 0.25) is 0 Å². The summed E-state index contributed by atoms with van der Waals surface area (Å²) in [5, 5.41) is 8.61. The lowest BCUT2D eigenvalue weighted by Crippen LogP contribution is -1.92. The van der Waals surface area contributed by atoms with Crippen LogP contribution in [0.3, 0.4) is 0 Å². The highest BCUT2D eigenvalue weighted by Gasteiger charge is 2.01. The zero-order valence-electron chi connectivity index (χ0n) is 11.9. The van der Waals surface area contributed by atoms with E-state index in [1.54, 1.807) is 0 Å². The van der Waals surface area contributed by atoms with Gasteiger partial charge < -0.3 is 5.73 Å². The van der Waals surface area contributed by atoms with Gasteiger partial charge in [-0.1, -0.05) is 17.7 Å². The van der Waals surface area contributed by atoms with Crippen LogP contribution in [-0.4, -0.2) is 0 Å². The van der Waals surface area contributed by atoms with Gasteiger partial charge in [0.25, 0.3) is 0 Å².